The summed E-state index contributed by atoms with van der Waals surface area (Å²) in [4.78, 5) is 24.1. The first kappa shape index (κ1) is 31.4. The van der Waals surface area contributed by atoms with Gasteiger partial charge in [-0.05, 0) is 73.6 Å². The number of unbranched alkanes of at least 4 members (excludes halogenated alkanes) is 1. The van der Waals surface area contributed by atoms with Gasteiger partial charge in [0.1, 0.15) is 17.1 Å². The lowest BCUT2D eigenvalue weighted by Gasteiger charge is -2.21. The van der Waals surface area contributed by atoms with E-state index in [-0.39, 0.29) is 11.7 Å². The zero-order valence-corrected chi connectivity index (χ0v) is 25.8. The number of nitrogens with zero attached hydrogens (tertiary/aromatic N) is 5. The zero-order chi connectivity index (χ0) is 31.3. The number of hydrogen-bond donors (Lipinski definition) is 0. The second kappa shape index (κ2) is 13.7. The predicted octanol–water partition coefficient (Wildman–Crippen LogP) is 7.88. The number of anilines is 1. The third-order valence-electron chi connectivity index (χ3n) is 7.06. The lowest BCUT2D eigenvalue weighted by atomic mass is 10.0. The minimum Gasteiger partial charge on any atom is -0.406 e. The number of alkyl halides is 3. The lowest BCUT2D eigenvalue weighted by Crippen LogP contribution is -2.31. The number of carbonyl (C=O) groups excluding carboxylic acids is 1. The van der Waals surface area contributed by atoms with E-state index in [1.807, 2.05) is 49.4 Å². The van der Waals surface area contributed by atoms with Crippen LogP contribution in [0.1, 0.15) is 42.9 Å². The highest BCUT2D eigenvalue weighted by Crippen LogP contribution is 2.33. The van der Waals surface area contributed by atoms with Crippen LogP contribution >= 0.6 is 24.0 Å². The lowest BCUT2D eigenvalue weighted by molar-refractivity contribution is -0.274. The molecule has 2 heterocycles. The Morgan fingerprint density at radius 3 is 2.52 bits per heavy atom. The van der Waals surface area contributed by atoms with Crippen molar-refractivity contribution in [3.8, 4) is 22.8 Å². The van der Waals surface area contributed by atoms with Gasteiger partial charge in [0.15, 0.2) is 11.0 Å². The van der Waals surface area contributed by atoms with E-state index in [2.05, 4.69) is 26.7 Å². The number of benzene rings is 3. The maximum Gasteiger partial charge on any atom is 0.573 e. The van der Waals surface area contributed by atoms with E-state index in [0.717, 1.165) is 48.1 Å². The van der Waals surface area contributed by atoms with Gasteiger partial charge in [0.25, 0.3) is 0 Å². The van der Waals surface area contributed by atoms with E-state index in [9.17, 15) is 18.0 Å². The molecule has 7 nitrogen and oxygen atoms in total. The zero-order valence-electron chi connectivity index (χ0n) is 24.2. The van der Waals surface area contributed by atoms with Gasteiger partial charge in [-0.25, -0.2) is 14.7 Å². The SMILES string of the molecule is CCc1cccc(C)c1N1C(=O)CSC1=NC(=S)CCCCc1ccc(-c2ncn(-c3ccc(OC(F)(F)F)cc3)n2)cc1. The minimum absolute atomic E-state index is 0.0274. The average molecular weight is 638 g/mol. The maximum absolute atomic E-state index is 12.8. The van der Waals surface area contributed by atoms with Crippen LogP contribution in [0.25, 0.3) is 17.1 Å². The van der Waals surface area contributed by atoms with Crippen molar-refractivity contribution in [2.75, 3.05) is 10.7 Å². The summed E-state index contributed by atoms with van der Waals surface area (Å²) in [6, 6.07) is 19.5. The second-order valence-corrected chi connectivity index (χ2v) is 11.6. The number of rotatable bonds is 10. The van der Waals surface area contributed by atoms with Gasteiger partial charge < -0.3 is 4.74 Å². The molecule has 0 radical (unpaired) electrons. The fourth-order valence-corrected chi connectivity index (χ4v) is 6.07. The Morgan fingerprint density at radius 2 is 1.82 bits per heavy atom. The second-order valence-electron chi connectivity index (χ2n) is 10.2. The molecule has 1 fully saturated rings. The van der Waals surface area contributed by atoms with Gasteiger partial charge in [-0.1, -0.05) is 73.4 Å². The number of aryl methyl sites for hydroxylation is 3. The molecule has 0 saturated carbocycles. The molecule has 1 amide bonds. The molecule has 1 aliphatic rings. The molecule has 0 aliphatic carbocycles. The molecule has 44 heavy (non-hydrogen) atoms. The van der Waals surface area contributed by atoms with Crippen LogP contribution in [0.2, 0.25) is 0 Å². The summed E-state index contributed by atoms with van der Waals surface area (Å²) < 4.78 is 42.6. The van der Waals surface area contributed by atoms with Crippen LogP contribution in [-0.2, 0) is 17.6 Å². The highest BCUT2D eigenvalue weighted by molar-refractivity contribution is 8.15. The van der Waals surface area contributed by atoms with Crippen LogP contribution in [0.5, 0.6) is 5.75 Å². The Labute approximate surface area is 263 Å². The smallest absolute Gasteiger partial charge is 0.406 e. The van der Waals surface area contributed by atoms with Gasteiger partial charge in [0.2, 0.25) is 5.91 Å². The summed E-state index contributed by atoms with van der Waals surface area (Å²) in [5.74, 6) is 0.593. The van der Waals surface area contributed by atoms with Gasteiger partial charge in [-0.2, -0.15) is 0 Å². The standard InChI is InChI=1S/C32H30F3N5O2S2/c1-3-23-9-6-7-21(2)29(23)40-28(41)19-44-31(40)37-27(43)10-5-4-8-22-11-13-24(14-12-22)30-36-20-39(38-30)25-15-17-26(18-16-25)42-32(33,34)35/h6-7,9,11-18,20H,3-5,8,10,19H2,1-2H3. The summed E-state index contributed by atoms with van der Waals surface area (Å²) in [6.45, 7) is 4.09. The highest BCUT2D eigenvalue weighted by Gasteiger charge is 2.32. The minimum atomic E-state index is -4.74. The molecule has 12 heteroatoms. The Hall–Kier alpha value is -4.03. The van der Waals surface area contributed by atoms with Crippen molar-refractivity contribution < 1.29 is 22.7 Å². The first-order chi connectivity index (χ1) is 21.1. The molecular weight excluding hydrogens is 608 g/mol. The number of aromatic nitrogens is 3. The summed E-state index contributed by atoms with van der Waals surface area (Å²) in [5.41, 5.74) is 5.63. The van der Waals surface area contributed by atoms with Crippen molar-refractivity contribution in [2.24, 2.45) is 4.99 Å². The quantitative estimate of drug-likeness (QED) is 0.130. The number of ether oxygens (including phenoxy) is 1. The number of para-hydroxylation sites is 1. The Kier molecular flexibility index (Phi) is 9.80. The van der Waals surface area contributed by atoms with Crippen LogP contribution in [0.3, 0.4) is 0 Å². The van der Waals surface area contributed by atoms with E-state index >= 15 is 0 Å². The van der Waals surface area contributed by atoms with Crippen LogP contribution in [0, 0.1) is 6.92 Å². The normalized spacial score (nSPS) is 14.4. The largest absolute Gasteiger partial charge is 0.573 e. The van der Waals surface area contributed by atoms with E-state index in [1.54, 1.807) is 4.90 Å². The van der Waals surface area contributed by atoms with Crippen molar-refractivity contribution >= 4 is 45.7 Å². The van der Waals surface area contributed by atoms with Crippen LogP contribution in [-0.4, -0.2) is 42.9 Å². The van der Waals surface area contributed by atoms with Crippen molar-refractivity contribution in [1.82, 2.24) is 14.8 Å². The van der Waals surface area contributed by atoms with Crippen molar-refractivity contribution in [3.05, 3.63) is 89.7 Å². The highest BCUT2D eigenvalue weighted by atomic mass is 32.2. The van der Waals surface area contributed by atoms with Crippen LogP contribution < -0.4 is 9.64 Å². The van der Waals surface area contributed by atoms with E-state index in [4.69, 9.17) is 12.2 Å². The third-order valence-corrected chi connectivity index (χ3v) is 8.28. The number of thiocarbonyl (C=S) groups is 1. The molecule has 1 saturated heterocycles. The Balaban J connectivity index is 1.13. The number of amidine groups is 1. The number of carbonyl (C=O) groups is 1. The van der Waals surface area contributed by atoms with Gasteiger partial charge in [0, 0.05) is 12.0 Å². The van der Waals surface area contributed by atoms with Crippen molar-refractivity contribution in [1.29, 1.82) is 0 Å². The third kappa shape index (κ3) is 7.72. The Morgan fingerprint density at radius 1 is 1.07 bits per heavy atom. The predicted molar refractivity (Wildman–Crippen MR) is 172 cm³/mol. The molecule has 0 unspecified atom stereocenters. The fourth-order valence-electron chi connectivity index (χ4n) is 4.90. The molecule has 3 aromatic carbocycles. The summed E-state index contributed by atoms with van der Waals surface area (Å²) in [5, 5.41) is 5.11. The topological polar surface area (TPSA) is 72.6 Å². The summed E-state index contributed by atoms with van der Waals surface area (Å²) >= 11 is 7.02. The van der Waals surface area contributed by atoms with Gasteiger partial charge in [0.05, 0.1) is 17.1 Å². The molecule has 228 valence electrons. The first-order valence-corrected chi connectivity index (χ1v) is 15.5. The van der Waals surface area contributed by atoms with Crippen molar-refractivity contribution in [3.63, 3.8) is 0 Å². The number of thioether (sulfide) groups is 1. The van der Waals surface area contributed by atoms with Gasteiger partial charge in [-0.15, -0.1) is 18.3 Å². The van der Waals surface area contributed by atoms with Gasteiger partial charge in [-0.3, -0.25) is 9.69 Å². The molecule has 4 aromatic rings. The van der Waals surface area contributed by atoms with E-state index < -0.39 is 6.36 Å². The van der Waals surface area contributed by atoms with Crippen molar-refractivity contribution in [2.45, 2.75) is 52.3 Å². The molecule has 0 spiro atoms. The molecule has 5 rings (SSSR count). The first-order valence-electron chi connectivity index (χ1n) is 14.1. The molecule has 0 atom stereocenters. The number of amides is 1. The average Bonchev–Trinajstić information content (AvgIpc) is 3.62. The maximum atomic E-state index is 12.8. The number of hydrogen-bond acceptors (Lipinski definition) is 6. The molecular formula is C32H30F3N5O2S2. The van der Waals surface area contributed by atoms with E-state index in [0.29, 0.717) is 33.8 Å². The fraction of sp³-hybridized carbons (Fsp3) is 0.281. The molecule has 0 N–H and O–H groups in total. The molecule has 0 bridgehead atoms. The number of aliphatic imine (C=N–C) groups is 1. The van der Waals surface area contributed by atoms with Crippen LogP contribution in [0.4, 0.5) is 18.9 Å². The Bertz CT molecular complexity index is 1670. The van der Waals surface area contributed by atoms with E-state index in [1.165, 1.54) is 52.6 Å². The number of halogens is 3. The summed E-state index contributed by atoms with van der Waals surface area (Å²) in [6.07, 6.45) is 0.937. The van der Waals surface area contributed by atoms with Crippen LogP contribution in [0.15, 0.2) is 78.0 Å². The molecule has 1 aromatic heterocycles. The monoisotopic (exact) mass is 637 g/mol. The van der Waals surface area contributed by atoms with Gasteiger partial charge >= 0.3 is 6.36 Å². The molecule has 1 aliphatic heterocycles. The summed E-state index contributed by atoms with van der Waals surface area (Å²) in [7, 11) is 0.